The predicted molar refractivity (Wildman–Crippen MR) is 59.8 cm³/mol. The van der Waals surface area contributed by atoms with Crippen LogP contribution >= 0.6 is 0 Å². The number of nitrogens with two attached hydrogens (primary N) is 1. The van der Waals surface area contributed by atoms with Crippen LogP contribution in [0.5, 0.6) is 0 Å². The number of aliphatic hydroxyl groups excluding tert-OH is 2. The van der Waals surface area contributed by atoms with Gasteiger partial charge in [-0.3, -0.25) is 4.57 Å². The molecule has 0 amide bonds. The number of hydrogen-bond acceptors (Lipinski definition) is 6. The number of aliphatic hydroxyl groups is 2. The van der Waals surface area contributed by atoms with Crippen LogP contribution in [0.4, 0.5) is 23.4 Å². The molecule has 118 valence electrons. The largest absolute Gasteiger partial charge is 0.393 e. The molecule has 1 saturated heterocycles. The molecular weight excluding hydrogens is 302 g/mol. The highest BCUT2D eigenvalue weighted by Gasteiger charge is 2.73. The van der Waals surface area contributed by atoms with Crippen molar-refractivity contribution < 1.29 is 32.5 Å². The lowest BCUT2D eigenvalue weighted by molar-refractivity contribution is -0.244. The average Bonchev–Trinajstić information content (AvgIpc) is 2.59. The van der Waals surface area contributed by atoms with Gasteiger partial charge in [-0.1, -0.05) is 0 Å². The summed E-state index contributed by atoms with van der Waals surface area (Å²) in [5.41, 5.74) is 0.424. The van der Waals surface area contributed by atoms with E-state index < -0.39 is 42.6 Å². The summed E-state index contributed by atoms with van der Waals surface area (Å²) in [5.74, 6) is -4.71. The van der Waals surface area contributed by atoms with Crippen molar-refractivity contribution in [1.29, 1.82) is 0 Å². The van der Waals surface area contributed by atoms with E-state index >= 15 is 0 Å². The topological polar surface area (TPSA) is 111 Å². The summed E-state index contributed by atoms with van der Waals surface area (Å²) in [6, 6.07) is 1.04. The second kappa shape index (κ2) is 4.93. The number of halogens is 4. The monoisotopic (exact) mass is 313 g/mol. The summed E-state index contributed by atoms with van der Waals surface area (Å²) < 4.78 is 58.5. The summed E-state index contributed by atoms with van der Waals surface area (Å²) in [5, 5.41) is 18.4. The number of rotatable bonds is 3. The number of anilines is 1. The number of nitrogen functional groups attached to an aromatic ring is 1. The highest BCUT2D eigenvalue weighted by Crippen LogP contribution is 2.50. The highest BCUT2D eigenvalue weighted by molar-refractivity contribution is 5.24. The first kappa shape index (κ1) is 15.7. The molecule has 1 unspecified atom stereocenters. The number of hydrogen-bond donors (Lipinski definition) is 3. The average molecular weight is 313 g/mol. The van der Waals surface area contributed by atoms with Gasteiger partial charge in [0.15, 0.2) is 12.3 Å². The Balaban J connectivity index is 2.51. The van der Waals surface area contributed by atoms with Gasteiger partial charge in [0, 0.05) is 6.20 Å². The van der Waals surface area contributed by atoms with Crippen LogP contribution in [0, 0.1) is 0 Å². The van der Waals surface area contributed by atoms with Gasteiger partial charge in [-0.05, 0) is 6.07 Å². The van der Waals surface area contributed by atoms with E-state index in [4.69, 9.17) is 10.8 Å². The Morgan fingerprint density at radius 3 is 2.57 bits per heavy atom. The Morgan fingerprint density at radius 1 is 1.52 bits per heavy atom. The van der Waals surface area contributed by atoms with Crippen molar-refractivity contribution in [3.63, 3.8) is 0 Å². The lowest BCUT2D eigenvalue weighted by Crippen LogP contribution is -2.57. The van der Waals surface area contributed by atoms with Gasteiger partial charge in [-0.25, -0.2) is 13.6 Å². The fraction of sp³-hybridized carbons (Fsp3) is 0.600. The van der Waals surface area contributed by atoms with Crippen molar-refractivity contribution in [2.24, 2.45) is 0 Å². The zero-order valence-electron chi connectivity index (χ0n) is 10.3. The molecule has 1 aliphatic rings. The Bertz CT molecular complexity index is 596. The standard InChI is InChI=1S/C10H11F4N3O4/c11-7(12)9(3-18)10(13,14)5(19)6(21-9)17-2-1-4(15)16-8(17)20/h1-2,5-7,18-19H,3H2,(H2,15,16,20)/t5?,6-,9+/m1/s1. The Kier molecular flexibility index (Phi) is 3.68. The molecule has 0 spiro atoms. The van der Waals surface area contributed by atoms with Gasteiger partial charge in [0.05, 0.1) is 6.61 Å². The van der Waals surface area contributed by atoms with Crippen molar-refractivity contribution >= 4 is 5.82 Å². The quantitative estimate of drug-likeness (QED) is 0.639. The SMILES string of the molecule is Nc1ccn([C@@H]2O[C@@](CO)(C(F)F)C(F)(F)C2O)c(=O)n1. The fourth-order valence-electron chi connectivity index (χ4n) is 2.02. The molecule has 21 heavy (non-hydrogen) atoms. The molecule has 7 nitrogen and oxygen atoms in total. The number of aromatic nitrogens is 2. The van der Waals surface area contributed by atoms with E-state index in [1.807, 2.05) is 0 Å². The van der Waals surface area contributed by atoms with Crippen LogP contribution < -0.4 is 11.4 Å². The molecule has 2 heterocycles. The maximum atomic E-state index is 13.9. The molecule has 11 heteroatoms. The first-order chi connectivity index (χ1) is 9.67. The van der Waals surface area contributed by atoms with E-state index in [-0.39, 0.29) is 5.82 Å². The van der Waals surface area contributed by atoms with Crippen LogP contribution in [-0.4, -0.2) is 50.4 Å². The van der Waals surface area contributed by atoms with E-state index in [2.05, 4.69) is 9.72 Å². The molecule has 1 aromatic rings. The summed E-state index contributed by atoms with van der Waals surface area (Å²) in [7, 11) is 0. The van der Waals surface area contributed by atoms with Gasteiger partial charge in [0.1, 0.15) is 5.82 Å². The van der Waals surface area contributed by atoms with Crippen molar-refractivity contribution in [2.45, 2.75) is 30.3 Å². The van der Waals surface area contributed by atoms with Crippen molar-refractivity contribution in [3.05, 3.63) is 22.7 Å². The molecule has 1 aliphatic heterocycles. The van der Waals surface area contributed by atoms with Gasteiger partial charge in [0.25, 0.3) is 6.43 Å². The van der Waals surface area contributed by atoms with Crippen molar-refractivity contribution in [1.82, 2.24) is 9.55 Å². The molecule has 1 fully saturated rings. The van der Waals surface area contributed by atoms with Crippen molar-refractivity contribution in [2.75, 3.05) is 12.3 Å². The molecule has 0 saturated carbocycles. The number of nitrogens with zero attached hydrogens (tertiary/aromatic N) is 2. The third kappa shape index (κ3) is 2.08. The molecule has 3 atom stereocenters. The van der Waals surface area contributed by atoms with Crippen LogP contribution in [0.3, 0.4) is 0 Å². The predicted octanol–water partition coefficient (Wildman–Crippen LogP) is -0.653. The minimum absolute atomic E-state index is 0.224. The van der Waals surface area contributed by atoms with E-state index in [0.717, 1.165) is 12.3 Å². The minimum atomic E-state index is -4.48. The highest BCUT2D eigenvalue weighted by atomic mass is 19.3. The zero-order valence-corrected chi connectivity index (χ0v) is 10.3. The Labute approximate surface area is 114 Å². The van der Waals surface area contributed by atoms with E-state index in [1.165, 1.54) is 0 Å². The lowest BCUT2D eigenvalue weighted by atomic mass is 9.95. The maximum Gasteiger partial charge on any atom is 0.351 e. The van der Waals surface area contributed by atoms with E-state index in [0.29, 0.717) is 4.57 Å². The van der Waals surface area contributed by atoms with E-state index in [9.17, 15) is 27.5 Å². The van der Waals surface area contributed by atoms with Gasteiger partial charge >= 0.3 is 11.6 Å². The molecule has 0 aliphatic carbocycles. The zero-order chi connectivity index (χ0) is 16.0. The van der Waals surface area contributed by atoms with Crippen LogP contribution in [0.15, 0.2) is 17.1 Å². The number of alkyl halides is 4. The van der Waals surface area contributed by atoms with E-state index in [1.54, 1.807) is 0 Å². The number of ether oxygens (including phenoxy) is 1. The lowest BCUT2D eigenvalue weighted by Gasteiger charge is -2.31. The molecule has 0 aromatic carbocycles. The Hall–Kier alpha value is -1.72. The second-order valence-electron chi connectivity index (χ2n) is 4.47. The first-order valence-corrected chi connectivity index (χ1v) is 5.64. The Morgan fingerprint density at radius 2 is 2.14 bits per heavy atom. The smallest absolute Gasteiger partial charge is 0.351 e. The third-order valence-electron chi connectivity index (χ3n) is 3.25. The normalized spacial score (nSPS) is 31.8. The molecule has 2 rings (SSSR count). The maximum absolute atomic E-state index is 13.9. The van der Waals surface area contributed by atoms with Crippen LogP contribution in [-0.2, 0) is 4.74 Å². The third-order valence-corrected chi connectivity index (χ3v) is 3.25. The molecule has 1 aromatic heterocycles. The summed E-state index contributed by atoms with van der Waals surface area (Å²) in [6.07, 6.45) is -7.84. The van der Waals surface area contributed by atoms with Gasteiger partial charge in [0.2, 0.25) is 5.60 Å². The molecule has 0 bridgehead atoms. The minimum Gasteiger partial charge on any atom is -0.393 e. The van der Waals surface area contributed by atoms with Gasteiger partial charge in [-0.2, -0.15) is 13.8 Å². The van der Waals surface area contributed by atoms with Crippen LogP contribution in [0.1, 0.15) is 6.23 Å². The van der Waals surface area contributed by atoms with Gasteiger partial charge in [-0.15, -0.1) is 0 Å². The van der Waals surface area contributed by atoms with Crippen LogP contribution in [0.25, 0.3) is 0 Å². The van der Waals surface area contributed by atoms with Gasteiger partial charge < -0.3 is 20.7 Å². The van der Waals surface area contributed by atoms with Crippen molar-refractivity contribution in [3.8, 4) is 0 Å². The molecule has 0 radical (unpaired) electrons. The van der Waals surface area contributed by atoms with Crippen LogP contribution in [0.2, 0.25) is 0 Å². The first-order valence-electron chi connectivity index (χ1n) is 5.64. The molecular formula is C10H11F4N3O4. The summed E-state index contributed by atoms with van der Waals surface area (Å²) in [6.45, 7) is -1.75. The molecule has 4 N–H and O–H groups in total. The summed E-state index contributed by atoms with van der Waals surface area (Å²) >= 11 is 0. The second-order valence-corrected chi connectivity index (χ2v) is 4.47. The fourth-order valence-corrected chi connectivity index (χ4v) is 2.02. The summed E-state index contributed by atoms with van der Waals surface area (Å²) in [4.78, 5) is 14.8.